The minimum atomic E-state index is -0.701. The number of rotatable bonds is 11. The first-order valence-electron chi connectivity index (χ1n) is 13.9. The zero-order chi connectivity index (χ0) is 29.1. The lowest BCUT2D eigenvalue weighted by Crippen LogP contribution is -2.29. The Kier molecular flexibility index (Phi) is 8.54. The molecule has 2 heterocycles. The first kappa shape index (κ1) is 28.6. The summed E-state index contributed by atoms with van der Waals surface area (Å²) >= 11 is 6.38. The van der Waals surface area contributed by atoms with E-state index in [1.807, 2.05) is 49.4 Å². The molecule has 41 heavy (non-hydrogen) atoms. The normalized spacial score (nSPS) is 14.4. The molecule has 8 heteroatoms. The van der Waals surface area contributed by atoms with E-state index in [1.54, 1.807) is 31.3 Å². The zero-order valence-corrected chi connectivity index (χ0v) is 24.5. The number of carbonyl (C=O) groups excluding carboxylic acids is 1. The van der Waals surface area contributed by atoms with Gasteiger partial charge in [-0.05, 0) is 66.4 Å². The number of halogens is 1. The minimum absolute atomic E-state index is 0.0398. The highest BCUT2D eigenvalue weighted by Gasteiger charge is 2.43. The van der Waals surface area contributed by atoms with Crippen LogP contribution in [0.4, 0.5) is 0 Å². The molecule has 3 aromatic carbocycles. The first-order chi connectivity index (χ1) is 19.9. The fourth-order valence-corrected chi connectivity index (χ4v) is 5.43. The second-order valence-corrected chi connectivity index (χ2v) is 10.7. The van der Waals surface area contributed by atoms with Crippen molar-refractivity contribution in [1.82, 2.24) is 4.90 Å². The quantitative estimate of drug-likeness (QED) is 0.173. The van der Waals surface area contributed by atoms with Crippen LogP contribution >= 0.6 is 11.6 Å². The third-order valence-electron chi connectivity index (χ3n) is 7.52. The molecule has 0 radical (unpaired) electrons. The number of aryl methyl sites for hydroxylation is 1. The van der Waals surface area contributed by atoms with Crippen LogP contribution in [0.5, 0.6) is 17.2 Å². The summed E-state index contributed by atoms with van der Waals surface area (Å²) in [5.74, 6) is 1.55. The van der Waals surface area contributed by atoms with Crippen LogP contribution in [0.1, 0.15) is 71.5 Å². The molecule has 214 valence electrons. The van der Waals surface area contributed by atoms with Crippen LogP contribution in [-0.2, 0) is 6.54 Å². The van der Waals surface area contributed by atoms with Gasteiger partial charge >= 0.3 is 0 Å². The molecule has 0 aliphatic carbocycles. The van der Waals surface area contributed by atoms with E-state index in [0.29, 0.717) is 45.4 Å². The van der Waals surface area contributed by atoms with Gasteiger partial charge in [0.2, 0.25) is 5.76 Å². The fourth-order valence-electron chi connectivity index (χ4n) is 5.26. The van der Waals surface area contributed by atoms with E-state index in [2.05, 4.69) is 6.92 Å². The van der Waals surface area contributed by atoms with Crippen LogP contribution in [0.3, 0.4) is 0 Å². The molecular formula is C33H34ClNO6. The third kappa shape index (κ3) is 5.64. The molecule has 0 fully saturated rings. The molecule has 1 aromatic heterocycles. The highest BCUT2D eigenvalue weighted by Crippen LogP contribution is 2.42. The molecular weight excluding hydrogens is 542 g/mol. The summed E-state index contributed by atoms with van der Waals surface area (Å²) in [6.45, 7) is 4.84. The van der Waals surface area contributed by atoms with Crippen LogP contribution in [0, 0.1) is 6.92 Å². The molecule has 1 aliphatic heterocycles. The maximum Gasteiger partial charge on any atom is 0.291 e. The summed E-state index contributed by atoms with van der Waals surface area (Å²) in [7, 11) is 3.19. The number of nitrogens with zero attached hydrogens (tertiary/aromatic N) is 1. The van der Waals surface area contributed by atoms with Gasteiger partial charge in [0.25, 0.3) is 5.91 Å². The van der Waals surface area contributed by atoms with Crippen molar-refractivity contribution in [3.63, 3.8) is 0 Å². The maximum atomic E-state index is 14.0. The van der Waals surface area contributed by atoms with Gasteiger partial charge in [-0.2, -0.15) is 0 Å². The monoisotopic (exact) mass is 575 g/mol. The van der Waals surface area contributed by atoms with Gasteiger partial charge in [-0.15, -0.1) is 0 Å². The molecule has 4 aromatic rings. The van der Waals surface area contributed by atoms with Crippen molar-refractivity contribution in [2.45, 2.75) is 52.1 Å². The average Bonchev–Trinajstić information content (AvgIpc) is 3.25. The molecule has 0 N–H and O–H groups in total. The first-order valence-corrected chi connectivity index (χ1v) is 14.3. The van der Waals surface area contributed by atoms with Crippen molar-refractivity contribution in [3.05, 3.63) is 97.9 Å². The van der Waals surface area contributed by atoms with E-state index >= 15 is 0 Å². The lowest BCUT2D eigenvalue weighted by Gasteiger charge is -2.26. The Labute approximate surface area is 244 Å². The molecule has 1 atom stereocenters. The van der Waals surface area contributed by atoms with Crippen LogP contribution in [0.2, 0.25) is 5.02 Å². The Morgan fingerprint density at radius 2 is 1.71 bits per heavy atom. The van der Waals surface area contributed by atoms with Crippen LogP contribution in [0.25, 0.3) is 11.0 Å². The maximum absolute atomic E-state index is 14.0. The van der Waals surface area contributed by atoms with Gasteiger partial charge in [-0.25, -0.2) is 0 Å². The van der Waals surface area contributed by atoms with Gasteiger partial charge in [-0.3, -0.25) is 9.59 Å². The lowest BCUT2D eigenvalue weighted by molar-refractivity contribution is 0.0714. The van der Waals surface area contributed by atoms with Gasteiger partial charge in [0.05, 0.1) is 37.8 Å². The van der Waals surface area contributed by atoms with Crippen molar-refractivity contribution < 1.29 is 23.4 Å². The molecule has 0 saturated heterocycles. The van der Waals surface area contributed by atoms with Crippen LogP contribution < -0.4 is 19.6 Å². The summed E-state index contributed by atoms with van der Waals surface area (Å²) < 4.78 is 23.1. The highest BCUT2D eigenvalue weighted by molar-refractivity contribution is 6.32. The Hall–Kier alpha value is -3.97. The molecule has 1 amide bonds. The van der Waals surface area contributed by atoms with Crippen molar-refractivity contribution in [2.24, 2.45) is 0 Å². The fraction of sp³-hybridized carbons (Fsp3) is 0.333. The van der Waals surface area contributed by atoms with Gasteiger partial charge in [0, 0.05) is 11.6 Å². The summed E-state index contributed by atoms with van der Waals surface area (Å²) in [4.78, 5) is 29.5. The smallest absolute Gasteiger partial charge is 0.291 e. The Morgan fingerprint density at radius 1 is 0.927 bits per heavy atom. The van der Waals surface area contributed by atoms with Gasteiger partial charge in [0.15, 0.2) is 16.9 Å². The van der Waals surface area contributed by atoms with E-state index < -0.39 is 6.04 Å². The predicted octanol–water partition coefficient (Wildman–Crippen LogP) is 7.48. The molecule has 0 saturated carbocycles. The number of hydrogen-bond acceptors (Lipinski definition) is 6. The topological polar surface area (TPSA) is 78.2 Å². The summed E-state index contributed by atoms with van der Waals surface area (Å²) in [6, 6.07) is 15.6. The van der Waals surface area contributed by atoms with Crippen molar-refractivity contribution in [3.8, 4) is 17.2 Å². The molecule has 7 nitrogen and oxygen atoms in total. The Bertz CT molecular complexity index is 1630. The zero-order valence-electron chi connectivity index (χ0n) is 23.8. The van der Waals surface area contributed by atoms with Crippen molar-refractivity contribution >= 4 is 28.5 Å². The average molecular weight is 576 g/mol. The van der Waals surface area contributed by atoms with Crippen LogP contribution in [-0.4, -0.2) is 31.6 Å². The van der Waals surface area contributed by atoms with Crippen molar-refractivity contribution in [1.29, 1.82) is 0 Å². The number of methoxy groups -OCH3 is 2. The SMILES string of the molecule is CCCCCCOc1ccc(C2c3c(oc4cc(C)c(Cl)cc4c3=O)C(=O)N2Cc2ccc(OC)cc2)cc1OC. The second kappa shape index (κ2) is 12.3. The summed E-state index contributed by atoms with van der Waals surface area (Å²) in [5, 5.41) is 0.797. The predicted molar refractivity (Wildman–Crippen MR) is 160 cm³/mol. The van der Waals surface area contributed by atoms with E-state index in [-0.39, 0.29) is 29.2 Å². The number of fused-ring (bicyclic) bond motifs is 2. The number of unbranched alkanes of at least 4 members (excludes halogenated alkanes) is 3. The van der Waals surface area contributed by atoms with Gasteiger partial charge in [0.1, 0.15) is 11.3 Å². The molecule has 0 spiro atoms. The summed E-state index contributed by atoms with van der Waals surface area (Å²) in [6.07, 6.45) is 4.38. The number of hydrogen-bond donors (Lipinski definition) is 0. The van der Waals surface area contributed by atoms with E-state index in [1.165, 1.54) is 6.42 Å². The number of carbonyl (C=O) groups is 1. The number of ether oxygens (including phenoxy) is 3. The van der Waals surface area contributed by atoms with Crippen molar-refractivity contribution in [2.75, 3.05) is 20.8 Å². The van der Waals surface area contributed by atoms with Gasteiger partial charge in [-0.1, -0.05) is 56.0 Å². The van der Waals surface area contributed by atoms with E-state index in [0.717, 1.165) is 30.4 Å². The summed E-state index contributed by atoms with van der Waals surface area (Å²) in [5.41, 5.74) is 2.69. The Morgan fingerprint density at radius 3 is 2.41 bits per heavy atom. The molecule has 1 unspecified atom stereocenters. The van der Waals surface area contributed by atoms with E-state index in [4.69, 9.17) is 30.2 Å². The highest BCUT2D eigenvalue weighted by atomic mass is 35.5. The number of benzene rings is 3. The lowest BCUT2D eigenvalue weighted by atomic mass is 9.97. The third-order valence-corrected chi connectivity index (χ3v) is 7.92. The Balaban J connectivity index is 1.59. The largest absolute Gasteiger partial charge is 0.497 e. The number of amides is 1. The van der Waals surface area contributed by atoms with Crippen LogP contribution in [0.15, 0.2) is 63.8 Å². The minimum Gasteiger partial charge on any atom is -0.497 e. The molecule has 0 bridgehead atoms. The molecule has 1 aliphatic rings. The second-order valence-electron chi connectivity index (χ2n) is 10.3. The molecule has 5 rings (SSSR count). The van der Waals surface area contributed by atoms with E-state index in [9.17, 15) is 9.59 Å². The standard InChI is InChI=1S/C33H34ClNO6/c1-5-6-7-8-15-40-26-14-11-22(17-28(26)39-4)30-29-31(36)24-18-25(34)20(2)16-27(24)41-32(29)33(37)35(30)19-21-9-12-23(38-3)13-10-21/h9-14,16-18,30H,5-8,15,19H2,1-4H3. The van der Waals surface area contributed by atoms with Gasteiger partial charge < -0.3 is 23.5 Å².